The lowest BCUT2D eigenvalue weighted by atomic mass is 10.2. The van der Waals surface area contributed by atoms with Gasteiger partial charge in [-0.25, -0.2) is 4.98 Å². The normalized spacial score (nSPS) is 14.2. The fourth-order valence-electron chi connectivity index (χ4n) is 3.29. The number of fused-ring (bicyclic) bond motifs is 1. The van der Waals surface area contributed by atoms with E-state index in [1.165, 1.54) is 0 Å². The molecule has 0 unspecified atom stereocenters. The number of H-pyrrole nitrogens is 1. The van der Waals surface area contributed by atoms with Crippen LogP contribution in [0, 0.1) is 0 Å². The van der Waals surface area contributed by atoms with Crippen LogP contribution in [0.1, 0.15) is 25.1 Å². The molecule has 1 aliphatic heterocycles. The Hall–Kier alpha value is -3.15. The molecule has 2 aromatic carbocycles. The van der Waals surface area contributed by atoms with Crippen molar-refractivity contribution in [2.75, 3.05) is 16.8 Å². The molecule has 0 saturated carbocycles. The standard InChI is InChI=1S/C20H20N4O2/c25-19(12-11-18-21-14-6-1-2-7-15(14)22-18)23-16-8-3-4-9-17(16)24-13-5-10-20(24)26/h1-4,6-9H,5,10-13H2,(H,21,22)(H,23,25). The van der Waals surface area contributed by atoms with Gasteiger partial charge >= 0.3 is 0 Å². The SMILES string of the molecule is O=C(CCc1nc2ccccc2[nH]1)Nc1ccccc1N1CCCC1=O. The van der Waals surface area contributed by atoms with Gasteiger partial charge in [0.2, 0.25) is 11.8 Å². The Labute approximate surface area is 151 Å². The number of amides is 2. The van der Waals surface area contributed by atoms with Gasteiger partial charge in [0.05, 0.1) is 22.4 Å². The number of aryl methyl sites for hydroxylation is 1. The highest BCUT2D eigenvalue weighted by Crippen LogP contribution is 2.29. The maximum absolute atomic E-state index is 12.4. The molecular weight excluding hydrogens is 328 g/mol. The van der Waals surface area contributed by atoms with Gasteiger partial charge in [-0.2, -0.15) is 0 Å². The maximum Gasteiger partial charge on any atom is 0.227 e. The molecule has 4 rings (SSSR count). The summed E-state index contributed by atoms with van der Waals surface area (Å²) >= 11 is 0. The fourth-order valence-corrected chi connectivity index (χ4v) is 3.29. The van der Waals surface area contributed by atoms with Crippen molar-refractivity contribution in [3.05, 3.63) is 54.4 Å². The van der Waals surface area contributed by atoms with Crippen LogP contribution in [0.5, 0.6) is 0 Å². The first-order valence-electron chi connectivity index (χ1n) is 8.83. The quantitative estimate of drug-likeness (QED) is 0.743. The van der Waals surface area contributed by atoms with Crippen LogP contribution in [0.15, 0.2) is 48.5 Å². The van der Waals surface area contributed by atoms with Gasteiger partial charge < -0.3 is 15.2 Å². The third-order valence-electron chi connectivity index (χ3n) is 4.57. The lowest BCUT2D eigenvalue weighted by Gasteiger charge is -2.19. The minimum atomic E-state index is -0.0930. The fraction of sp³-hybridized carbons (Fsp3) is 0.250. The minimum absolute atomic E-state index is 0.0930. The summed E-state index contributed by atoms with van der Waals surface area (Å²) in [4.78, 5) is 33.9. The molecule has 0 bridgehead atoms. The van der Waals surface area contributed by atoms with Crippen molar-refractivity contribution in [3.63, 3.8) is 0 Å². The summed E-state index contributed by atoms with van der Waals surface area (Å²) in [5, 5.41) is 2.94. The van der Waals surface area contributed by atoms with E-state index in [9.17, 15) is 9.59 Å². The highest BCUT2D eigenvalue weighted by atomic mass is 16.2. The first-order valence-corrected chi connectivity index (χ1v) is 8.83. The molecule has 2 heterocycles. The molecule has 2 N–H and O–H groups in total. The molecule has 1 saturated heterocycles. The molecule has 1 aliphatic rings. The zero-order chi connectivity index (χ0) is 17.9. The average molecular weight is 348 g/mol. The van der Waals surface area contributed by atoms with Gasteiger partial charge in [0, 0.05) is 25.8 Å². The minimum Gasteiger partial charge on any atom is -0.342 e. The molecule has 0 spiro atoms. The summed E-state index contributed by atoms with van der Waals surface area (Å²) in [6.45, 7) is 0.699. The summed E-state index contributed by atoms with van der Waals surface area (Å²) in [6.07, 6.45) is 2.27. The van der Waals surface area contributed by atoms with E-state index in [0.717, 1.165) is 29.0 Å². The van der Waals surface area contributed by atoms with E-state index < -0.39 is 0 Å². The number of benzene rings is 2. The number of hydrogen-bond donors (Lipinski definition) is 2. The second-order valence-corrected chi connectivity index (χ2v) is 6.41. The Morgan fingerprint density at radius 3 is 2.77 bits per heavy atom. The van der Waals surface area contributed by atoms with Crippen molar-refractivity contribution < 1.29 is 9.59 Å². The Kier molecular flexibility index (Phi) is 4.39. The van der Waals surface area contributed by atoms with E-state index in [1.54, 1.807) is 4.90 Å². The first kappa shape index (κ1) is 16.3. The lowest BCUT2D eigenvalue weighted by molar-refractivity contribution is -0.117. The molecule has 6 nitrogen and oxygen atoms in total. The molecule has 1 aromatic heterocycles. The largest absolute Gasteiger partial charge is 0.342 e. The molecule has 0 atom stereocenters. The van der Waals surface area contributed by atoms with Gasteiger partial charge in [0.15, 0.2) is 0 Å². The number of carbonyl (C=O) groups excluding carboxylic acids is 2. The van der Waals surface area contributed by atoms with E-state index in [2.05, 4.69) is 15.3 Å². The van der Waals surface area contributed by atoms with E-state index in [1.807, 2.05) is 48.5 Å². The highest BCUT2D eigenvalue weighted by Gasteiger charge is 2.24. The third-order valence-corrected chi connectivity index (χ3v) is 4.57. The Balaban J connectivity index is 1.43. The monoisotopic (exact) mass is 348 g/mol. The van der Waals surface area contributed by atoms with E-state index in [4.69, 9.17) is 0 Å². The van der Waals surface area contributed by atoms with Crippen LogP contribution in [0.4, 0.5) is 11.4 Å². The molecule has 132 valence electrons. The zero-order valence-electron chi connectivity index (χ0n) is 14.4. The number of rotatable bonds is 5. The number of nitrogens with zero attached hydrogens (tertiary/aromatic N) is 2. The van der Waals surface area contributed by atoms with E-state index >= 15 is 0 Å². The van der Waals surface area contributed by atoms with Crippen LogP contribution in [-0.2, 0) is 16.0 Å². The molecule has 1 fully saturated rings. The van der Waals surface area contributed by atoms with Gasteiger partial charge in [-0.05, 0) is 30.7 Å². The molecule has 26 heavy (non-hydrogen) atoms. The number of hydrogen-bond acceptors (Lipinski definition) is 3. The van der Waals surface area contributed by atoms with E-state index in [0.29, 0.717) is 31.5 Å². The summed E-state index contributed by atoms with van der Waals surface area (Å²) < 4.78 is 0. The second kappa shape index (κ2) is 7.00. The number of carbonyl (C=O) groups is 2. The molecular formula is C20H20N4O2. The van der Waals surface area contributed by atoms with E-state index in [-0.39, 0.29) is 11.8 Å². The maximum atomic E-state index is 12.4. The average Bonchev–Trinajstić information content (AvgIpc) is 3.26. The smallest absolute Gasteiger partial charge is 0.227 e. The number of aromatic nitrogens is 2. The summed E-state index contributed by atoms with van der Waals surface area (Å²) in [5.41, 5.74) is 3.33. The number of anilines is 2. The van der Waals surface area contributed by atoms with Crippen LogP contribution in [0.3, 0.4) is 0 Å². The lowest BCUT2D eigenvalue weighted by Crippen LogP contribution is -2.25. The number of para-hydroxylation sites is 4. The topological polar surface area (TPSA) is 78.1 Å². The van der Waals surface area contributed by atoms with Crippen molar-refractivity contribution in [1.29, 1.82) is 0 Å². The van der Waals surface area contributed by atoms with Crippen LogP contribution in [0.25, 0.3) is 11.0 Å². The van der Waals surface area contributed by atoms with Crippen molar-refractivity contribution in [3.8, 4) is 0 Å². The van der Waals surface area contributed by atoms with Gasteiger partial charge in [-0.15, -0.1) is 0 Å². The van der Waals surface area contributed by atoms with Gasteiger partial charge in [-0.3, -0.25) is 9.59 Å². The van der Waals surface area contributed by atoms with Gasteiger partial charge in [-0.1, -0.05) is 24.3 Å². The molecule has 2 amide bonds. The van der Waals surface area contributed by atoms with Crippen LogP contribution < -0.4 is 10.2 Å². The number of nitrogens with one attached hydrogen (secondary N) is 2. The van der Waals surface area contributed by atoms with Crippen molar-refractivity contribution in [2.45, 2.75) is 25.7 Å². The Morgan fingerprint density at radius 2 is 1.96 bits per heavy atom. The summed E-state index contributed by atoms with van der Waals surface area (Å²) in [5.74, 6) is 0.808. The van der Waals surface area contributed by atoms with Crippen LogP contribution in [0.2, 0.25) is 0 Å². The number of imidazole rings is 1. The van der Waals surface area contributed by atoms with Gasteiger partial charge in [0.1, 0.15) is 5.82 Å². The van der Waals surface area contributed by atoms with Gasteiger partial charge in [0.25, 0.3) is 0 Å². The highest BCUT2D eigenvalue weighted by molar-refractivity contribution is 6.02. The second-order valence-electron chi connectivity index (χ2n) is 6.41. The zero-order valence-corrected chi connectivity index (χ0v) is 14.4. The predicted molar refractivity (Wildman–Crippen MR) is 101 cm³/mol. The van der Waals surface area contributed by atoms with Crippen LogP contribution in [-0.4, -0.2) is 28.3 Å². The third kappa shape index (κ3) is 3.31. The summed E-state index contributed by atoms with van der Waals surface area (Å²) in [6, 6.07) is 15.2. The Morgan fingerprint density at radius 1 is 1.15 bits per heavy atom. The number of aromatic amines is 1. The van der Waals surface area contributed by atoms with Crippen molar-refractivity contribution >= 4 is 34.2 Å². The molecule has 0 radical (unpaired) electrons. The van der Waals surface area contributed by atoms with Crippen molar-refractivity contribution in [1.82, 2.24) is 9.97 Å². The summed E-state index contributed by atoms with van der Waals surface area (Å²) in [7, 11) is 0. The van der Waals surface area contributed by atoms with Crippen molar-refractivity contribution in [2.24, 2.45) is 0 Å². The molecule has 6 heteroatoms. The Bertz CT molecular complexity index is 930. The first-order chi connectivity index (χ1) is 12.7. The molecule has 0 aliphatic carbocycles. The molecule has 3 aromatic rings. The van der Waals surface area contributed by atoms with Crippen LogP contribution >= 0.6 is 0 Å². The predicted octanol–water partition coefficient (Wildman–Crippen LogP) is 3.26.